The number of aromatic nitrogens is 2. The van der Waals surface area contributed by atoms with E-state index in [0.29, 0.717) is 49.2 Å². The van der Waals surface area contributed by atoms with Gasteiger partial charge in [-0.3, -0.25) is 9.59 Å². The second-order valence-electron chi connectivity index (χ2n) is 11.0. The van der Waals surface area contributed by atoms with E-state index in [-0.39, 0.29) is 18.4 Å². The first-order valence-corrected chi connectivity index (χ1v) is 14.8. The Bertz CT molecular complexity index is 1470. The Hall–Kier alpha value is -4.23. The minimum Gasteiger partial charge on any atom is -0.352 e. The quantitative estimate of drug-likeness (QED) is 0.232. The lowest BCUT2D eigenvalue weighted by Gasteiger charge is -2.36. The fourth-order valence-electron chi connectivity index (χ4n) is 5.00. The van der Waals surface area contributed by atoms with Gasteiger partial charge in [-0.25, -0.2) is 0 Å². The van der Waals surface area contributed by atoms with Gasteiger partial charge in [0.15, 0.2) is 5.82 Å². The van der Waals surface area contributed by atoms with Crippen molar-refractivity contribution in [3.05, 3.63) is 102 Å². The molecule has 0 unspecified atom stereocenters. The van der Waals surface area contributed by atoms with Crippen LogP contribution in [0.25, 0.3) is 22.4 Å². The Kier molecular flexibility index (Phi) is 9.49. The van der Waals surface area contributed by atoms with Gasteiger partial charge in [-0.1, -0.05) is 80.0 Å². The van der Waals surface area contributed by atoms with Gasteiger partial charge in [-0.05, 0) is 59.9 Å². The monoisotopic (exact) mass is 581 g/mol. The van der Waals surface area contributed by atoms with Crippen molar-refractivity contribution < 1.29 is 9.59 Å². The first-order valence-electron chi connectivity index (χ1n) is 14.4. The van der Waals surface area contributed by atoms with Crippen LogP contribution < -0.4 is 4.90 Å². The van der Waals surface area contributed by atoms with Gasteiger partial charge in [0.1, 0.15) is 6.54 Å². The average Bonchev–Trinajstić information content (AvgIpc) is 3.03. The van der Waals surface area contributed by atoms with Gasteiger partial charge in [-0.2, -0.15) is 0 Å². The maximum atomic E-state index is 13.3. The van der Waals surface area contributed by atoms with E-state index in [1.54, 1.807) is 29.2 Å². The van der Waals surface area contributed by atoms with Crippen molar-refractivity contribution in [3.63, 3.8) is 0 Å². The Morgan fingerprint density at radius 3 is 2.05 bits per heavy atom. The van der Waals surface area contributed by atoms with Crippen molar-refractivity contribution in [1.29, 1.82) is 0 Å². The lowest BCUT2D eigenvalue weighted by atomic mass is 10.0. The van der Waals surface area contributed by atoms with E-state index in [0.717, 1.165) is 29.1 Å². The molecule has 1 aliphatic rings. The van der Waals surface area contributed by atoms with E-state index in [9.17, 15) is 9.59 Å². The number of amides is 2. The molecule has 3 aromatic carbocycles. The van der Waals surface area contributed by atoms with Crippen molar-refractivity contribution in [2.24, 2.45) is 5.92 Å². The third-order valence-electron chi connectivity index (χ3n) is 7.58. The number of anilines is 1. The summed E-state index contributed by atoms with van der Waals surface area (Å²) in [5.74, 6) is 1.03. The molecule has 0 radical (unpaired) electrons. The summed E-state index contributed by atoms with van der Waals surface area (Å²) in [5.41, 5.74) is 4.71. The van der Waals surface area contributed by atoms with Crippen molar-refractivity contribution in [3.8, 4) is 22.4 Å². The number of hydrogen-bond acceptors (Lipinski definition) is 5. The lowest BCUT2D eigenvalue weighted by Crippen LogP contribution is -2.52. The molecule has 8 heteroatoms. The highest BCUT2D eigenvalue weighted by molar-refractivity contribution is 6.30. The maximum Gasteiger partial charge on any atom is 0.254 e. The first kappa shape index (κ1) is 29.3. The molecule has 216 valence electrons. The van der Waals surface area contributed by atoms with Crippen molar-refractivity contribution in [1.82, 2.24) is 20.0 Å². The largest absolute Gasteiger partial charge is 0.352 e. The summed E-state index contributed by atoms with van der Waals surface area (Å²) in [7, 11) is 0. The van der Waals surface area contributed by atoms with Gasteiger partial charge >= 0.3 is 0 Å². The maximum absolute atomic E-state index is 13.3. The van der Waals surface area contributed by atoms with E-state index in [2.05, 4.69) is 65.3 Å². The number of rotatable bonds is 9. The highest BCUT2D eigenvalue weighted by Crippen LogP contribution is 2.24. The van der Waals surface area contributed by atoms with E-state index >= 15 is 0 Å². The van der Waals surface area contributed by atoms with E-state index < -0.39 is 0 Å². The summed E-state index contributed by atoms with van der Waals surface area (Å²) in [6.07, 6.45) is 0.826. The van der Waals surface area contributed by atoms with Crippen LogP contribution in [0.2, 0.25) is 5.02 Å². The topological polar surface area (TPSA) is 69.6 Å². The Balaban J connectivity index is 1.17. The van der Waals surface area contributed by atoms with E-state index in [4.69, 9.17) is 11.6 Å². The Morgan fingerprint density at radius 1 is 0.786 bits per heavy atom. The Labute approximate surface area is 252 Å². The SMILES string of the molecule is CC(C)CCN(CC(=O)N1CCN(c2ccc(-c3ccc(-c4ccccc4)cc3)nn2)CC1)C(=O)c1ccc(Cl)cc1. The summed E-state index contributed by atoms with van der Waals surface area (Å²) < 4.78 is 0. The predicted octanol–water partition coefficient (Wildman–Crippen LogP) is 6.30. The molecular formula is C34H36ClN5O2. The molecule has 0 aliphatic carbocycles. The normalized spacial score (nSPS) is 13.3. The van der Waals surface area contributed by atoms with E-state index in [1.165, 1.54) is 5.56 Å². The van der Waals surface area contributed by atoms with Crippen LogP contribution in [0.4, 0.5) is 5.82 Å². The van der Waals surface area contributed by atoms with Gasteiger partial charge in [0.25, 0.3) is 5.91 Å². The molecule has 1 saturated heterocycles. The highest BCUT2D eigenvalue weighted by atomic mass is 35.5. The molecule has 0 bridgehead atoms. The molecule has 1 aliphatic heterocycles. The van der Waals surface area contributed by atoms with Crippen LogP contribution in [0.5, 0.6) is 0 Å². The molecule has 0 spiro atoms. The number of carbonyl (C=O) groups is 2. The molecule has 0 atom stereocenters. The van der Waals surface area contributed by atoms with Crippen molar-refractivity contribution in [2.45, 2.75) is 20.3 Å². The van der Waals surface area contributed by atoms with Gasteiger partial charge in [0.05, 0.1) is 5.69 Å². The molecule has 1 fully saturated rings. The van der Waals surface area contributed by atoms with Gasteiger partial charge in [0.2, 0.25) is 5.91 Å². The standard InChI is InChI=1S/C34H36ClN5O2/c1-25(2)18-19-40(34(42)29-12-14-30(35)15-13-29)24-33(41)39-22-20-38(21-23-39)32-17-16-31(36-37-32)28-10-8-27(9-11-28)26-6-4-3-5-7-26/h3-17,25H,18-24H2,1-2H3. The molecule has 4 aromatic rings. The van der Waals surface area contributed by atoms with Crippen LogP contribution in [0.3, 0.4) is 0 Å². The zero-order valence-corrected chi connectivity index (χ0v) is 24.9. The van der Waals surface area contributed by atoms with Crippen LogP contribution in [0.1, 0.15) is 30.6 Å². The minimum atomic E-state index is -0.149. The third kappa shape index (κ3) is 7.34. The minimum absolute atomic E-state index is 0.0406. The second kappa shape index (κ2) is 13.6. The smallest absolute Gasteiger partial charge is 0.254 e. The molecular weight excluding hydrogens is 546 g/mol. The number of hydrogen-bond donors (Lipinski definition) is 0. The van der Waals surface area contributed by atoms with Crippen LogP contribution in [-0.4, -0.2) is 71.1 Å². The number of nitrogens with zero attached hydrogens (tertiary/aromatic N) is 5. The lowest BCUT2D eigenvalue weighted by molar-refractivity contribution is -0.132. The van der Waals surface area contributed by atoms with Crippen LogP contribution >= 0.6 is 11.6 Å². The highest BCUT2D eigenvalue weighted by Gasteiger charge is 2.26. The molecule has 7 nitrogen and oxygen atoms in total. The molecule has 42 heavy (non-hydrogen) atoms. The van der Waals surface area contributed by atoms with Crippen molar-refractivity contribution in [2.75, 3.05) is 44.2 Å². The number of piperazine rings is 1. The first-order chi connectivity index (χ1) is 20.4. The molecule has 2 heterocycles. The van der Waals surface area contributed by atoms with Gasteiger partial charge in [-0.15, -0.1) is 10.2 Å². The molecule has 0 N–H and O–H groups in total. The van der Waals surface area contributed by atoms with Gasteiger partial charge < -0.3 is 14.7 Å². The molecule has 0 saturated carbocycles. The number of benzene rings is 3. The zero-order chi connectivity index (χ0) is 29.5. The molecule has 1 aromatic heterocycles. The molecule has 5 rings (SSSR count). The summed E-state index contributed by atoms with van der Waals surface area (Å²) in [4.78, 5) is 32.1. The second-order valence-corrected chi connectivity index (χ2v) is 11.4. The summed E-state index contributed by atoms with van der Waals surface area (Å²) in [6, 6.07) is 29.4. The van der Waals surface area contributed by atoms with E-state index in [1.807, 2.05) is 35.2 Å². The molecule has 2 amide bonds. The Morgan fingerprint density at radius 2 is 1.43 bits per heavy atom. The zero-order valence-electron chi connectivity index (χ0n) is 24.1. The van der Waals surface area contributed by atoms with Crippen LogP contribution in [-0.2, 0) is 4.79 Å². The van der Waals surface area contributed by atoms with Crippen molar-refractivity contribution >= 4 is 29.2 Å². The average molecular weight is 582 g/mol. The summed E-state index contributed by atoms with van der Waals surface area (Å²) >= 11 is 6.00. The van der Waals surface area contributed by atoms with Crippen LogP contribution in [0.15, 0.2) is 91.0 Å². The fraction of sp³-hybridized carbons (Fsp3) is 0.294. The third-order valence-corrected chi connectivity index (χ3v) is 7.83. The summed E-state index contributed by atoms with van der Waals surface area (Å²) in [5, 5.41) is 9.55. The number of halogens is 1. The fourth-order valence-corrected chi connectivity index (χ4v) is 5.13. The van der Waals surface area contributed by atoms with Gasteiger partial charge in [0, 0.05) is 48.9 Å². The predicted molar refractivity (Wildman–Crippen MR) is 169 cm³/mol. The number of carbonyl (C=O) groups excluding carboxylic acids is 2. The van der Waals surface area contributed by atoms with Crippen LogP contribution in [0, 0.1) is 5.92 Å². The summed E-state index contributed by atoms with van der Waals surface area (Å²) in [6.45, 7) is 7.26.